The van der Waals surface area contributed by atoms with E-state index in [-0.39, 0.29) is 24.1 Å². The Hall–Kier alpha value is -3.19. The van der Waals surface area contributed by atoms with Gasteiger partial charge in [-0.15, -0.1) is 10.2 Å². The molecule has 0 bridgehead atoms. The fourth-order valence-corrected chi connectivity index (χ4v) is 3.36. The Labute approximate surface area is 179 Å². The van der Waals surface area contributed by atoms with E-state index >= 15 is 0 Å². The average Bonchev–Trinajstić information content (AvgIpc) is 2.99. The SMILES string of the molecule is Cn1c(O)c(N=NC(=O)CCCCCNC(=O)c2ccccc2Cl)c2ccccc21. The number of amides is 2. The molecule has 0 aliphatic heterocycles. The number of fused-ring (bicyclic) bond motifs is 1. The molecule has 1 aromatic heterocycles. The van der Waals surface area contributed by atoms with Crippen LogP contribution in [0.1, 0.15) is 36.0 Å². The van der Waals surface area contributed by atoms with E-state index in [1.165, 1.54) is 0 Å². The molecule has 1 heterocycles. The second kappa shape index (κ2) is 10.0. The number of para-hydroxylation sites is 1. The van der Waals surface area contributed by atoms with Crippen molar-refractivity contribution in [1.29, 1.82) is 0 Å². The van der Waals surface area contributed by atoms with Gasteiger partial charge in [0.1, 0.15) is 0 Å². The van der Waals surface area contributed by atoms with E-state index < -0.39 is 0 Å². The Bertz CT molecular complexity index is 1090. The normalized spacial score (nSPS) is 11.3. The first-order valence-electron chi connectivity index (χ1n) is 9.72. The summed E-state index contributed by atoms with van der Waals surface area (Å²) in [5, 5.41) is 21.9. The standard InChI is InChI=1S/C22H23ClN4O3/c1-27-18-12-7-5-10-16(18)20(22(27)30)26-25-19(28)13-3-2-8-14-24-21(29)15-9-4-6-11-17(15)23/h4-7,9-12,30H,2-3,8,13-14H2,1H3,(H,24,29). The van der Waals surface area contributed by atoms with E-state index in [9.17, 15) is 14.7 Å². The van der Waals surface area contributed by atoms with Gasteiger partial charge in [0.05, 0.1) is 16.1 Å². The highest BCUT2D eigenvalue weighted by Gasteiger charge is 2.14. The summed E-state index contributed by atoms with van der Waals surface area (Å²) in [6.07, 6.45) is 2.41. The van der Waals surface area contributed by atoms with E-state index in [0.29, 0.717) is 29.2 Å². The zero-order valence-electron chi connectivity index (χ0n) is 16.6. The summed E-state index contributed by atoms with van der Waals surface area (Å²) < 4.78 is 1.60. The number of rotatable bonds is 8. The highest BCUT2D eigenvalue weighted by molar-refractivity contribution is 6.33. The monoisotopic (exact) mass is 426 g/mol. The zero-order chi connectivity index (χ0) is 21.5. The summed E-state index contributed by atoms with van der Waals surface area (Å²) in [6, 6.07) is 14.3. The second-order valence-corrected chi connectivity index (χ2v) is 7.30. The summed E-state index contributed by atoms with van der Waals surface area (Å²) in [6.45, 7) is 0.504. The number of aryl methyl sites for hydroxylation is 1. The lowest BCUT2D eigenvalue weighted by Crippen LogP contribution is -2.24. The number of aromatic nitrogens is 1. The van der Waals surface area contributed by atoms with E-state index in [2.05, 4.69) is 15.5 Å². The number of carbonyl (C=O) groups is 2. The van der Waals surface area contributed by atoms with Gasteiger partial charge in [-0.3, -0.25) is 9.59 Å². The van der Waals surface area contributed by atoms with Crippen LogP contribution in [0.3, 0.4) is 0 Å². The molecule has 0 saturated heterocycles. The van der Waals surface area contributed by atoms with Crippen LogP contribution in [0.4, 0.5) is 5.69 Å². The van der Waals surface area contributed by atoms with Crippen molar-refractivity contribution in [1.82, 2.24) is 9.88 Å². The van der Waals surface area contributed by atoms with Gasteiger partial charge in [-0.05, 0) is 31.0 Å². The first-order chi connectivity index (χ1) is 14.5. The van der Waals surface area contributed by atoms with E-state index in [0.717, 1.165) is 23.7 Å². The first-order valence-corrected chi connectivity index (χ1v) is 10.1. The number of hydrogen-bond acceptors (Lipinski definition) is 4. The smallest absolute Gasteiger partial charge is 0.264 e. The van der Waals surface area contributed by atoms with Gasteiger partial charge < -0.3 is 15.0 Å². The summed E-state index contributed by atoms with van der Waals surface area (Å²) in [4.78, 5) is 24.1. The molecule has 0 spiro atoms. The van der Waals surface area contributed by atoms with Crippen molar-refractivity contribution in [2.45, 2.75) is 25.7 Å². The maximum Gasteiger partial charge on any atom is 0.264 e. The largest absolute Gasteiger partial charge is 0.493 e. The van der Waals surface area contributed by atoms with Crippen molar-refractivity contribution >= 4 is 40.0 Å². The number of hydrogen-bond donors (Lipinski definition) is 2. The molecule has 156 valence electrons. The van der Waals surface area contributed by atoms with Crippen molar-refractivity contribution < 1.29 is 14.7 Å². The fraction of sp³-hybridized carbons (Fsp3) is 0.273. The molecule has 7 nitrogen and oxygen atoms in total. The van der Waals surface area contributed by atoms with Gasteiger partial charge in [-0.2, -0.15) is 0 Å². The van der Waals surface area contributed by atoms with Crippen molar-refractivity contribution in [2.24, 2.45) is 17.3 Å². The van der Waals surface area contributed by atoms with Crippen LogP contribution in [-0.2, 0) is 11.8 Å². The summed E-state index contributed by atoms with van der Waals surface area (Å²) in [5.74, 6) is -0.579. The Morgan fingerprint density at radius 1 is 1.07 bits per heavy atom. The van der Waals surface area contributed by atoms with Crippen LogP contribution in [0, 0.1) is 0 Å². The van der Waals surface area contributed by atoms with Crippen LogP contribution in [0.2, 0.25) is 5.02 Å². The van der Waals surface area contributed by atoms with Crippen molar-refractivity contribution in [3.8, 4) is 5.88 Å². The number of benzene rings is 2. The minimum absolute atomic E-state index is 0.0259. The molecule has 0 saturated carbocycles. The molecule has 0 fully saturated rings. The van der Waals surface area contributed by atoms with Crippen LogP contribution in [0.15, 0.2) is 58.8 Å². The molecule has 2 aromatic carbocycles. The third-order valence-corrected chi connectivity index (χ3v) is 5.11. The van der Waals surface area contributed by atoms with Crippen LogP contribution < -0.4 is 5.32 Å². The molecule has 30 heavy (non-hydrogen) atoms. The van der Waals surface area contributed by atoms with Crippen LogP contribution >= 0.6 is 11.6 Å². The number of unbranched alkanes of at least 4 members (excludes halogenated alkanes) is 2. The number of halogens is 1. The van der Waals surface area contributed by atoms with Crippen LogP contribution in [-0.4, -0.2) is 28.0 Å². The number of nitrogens with zero attached hydrogens (tertiary/aromatic N) is 3. The molecule has 3 aromatic rings. The maximum atomic E-state index is 12.0. The van der Waals surface area contributed by atoms with Crippen molar-refractivity contribution in [2.75, 3.05) is 6.54 Å². The molecule has 2 N–H and O–H groups in total. The van der Waals surface area contributed by atoms with Crippen LogP contribution in [0.5, 0.6) is 5.88 Å². The summed E-state index contributed by atoms with van der Waals surface area (Å²) in [7, 11) is 1.73. The highest BCUT2D eigenvalue weighted by Crippen LogP contribution is 2.37. The highest BCUT2D eigenvalue weighted by atomic mass is 35.5. The van der Waals surface area contributed by atoms with Gasteiger partial charge in [0.25, 0.3) is 11.8 Å². The van der Waals surface area contributed by atoms with Crippen molar-refractivity contribution in [3.63, 3.8) is 0 Å². The summed E-state index contributed by atoms with van der Waals surface area (Å²) >= 11 is 6.00. The molecule has 0 radical (unpaired) electrons. The lowest BCUT2D eigenvalue weighted by molar-refractivity contribution is -0.118. The van der Waals surface area contributed by atoms with Gasteiger partial charge in [-0.1, -0.05) is 48.4 Å². The predicted molar refractivity (Wildman–Crippen MR) is 116 cm³/mol. The minimum Gasteiger partial charge on any atom is -0.493 e. The molecule has 0 aliphatic carbocycles. The Morgan fingerprint density at radius 2 is 1.80 bits per heavy atom. The molecule has 0 atom stereocenters. The van der Waals surface area contributed by atoms with Gasteiger partial charge in [-0.25, -0.2) is 0 Å². The lowest BCUT2D eigenvalue weighted by Gasteiger charge is -2.06. The average molecular weight is 427 g/mol. The quantitative estimate of drug-likeness (QED) is 0.385. The zero-order valence-corrected chi connectivity index (χ0v) is 17.4. The van der Waals surface area contributed by atoms with Gasteiger partial charge in [0.15, 0.2) is 5.69 Å². The molecule has 0 unspecified atom stereocenters. The Balaban J connectivity index is 1.41. The fourth-order valence-electron chi connectivity index (χ4n) is 3.13. The predicted octanol–water partition coefficient (Wildman–Crippen LogP) is 5.14. The lowest BCUT2D eigenvalue weighted by atomic mass is 10.1. The van der Waals surface area contributed by atoms with Gasteiger partial charge in [0, 0.05) is 25.4 Å². The molecule has 3 rings (SSSR count). The number of carbonyl (C=O) groups excluding carboxylic acids is 2. The van der Waals surface area contributed by atoms with E-state index in [1.54, 1.807) is 35.9 Å². The number of aromatic hydroxyl groups is 1. The topological polar surface area (TPSA) is 96.0 Å². The molecule has 8 heteroatoms. The van der Waals surface area contributed by atoms with Crippen LogP contribution in [0.25, 0.3) is 10.9 Å². The second-order valence-electron chi connectivity index (χ2n) is 6.89. The Kier molecular flexibility index (Phi) is 7.19. The number of azo groups is 1. The number of nitrogens with one attached hydrogen (secondary N) is 1. The molecule has 0 aliphatic rings. The van der Waals surface area contributed by atoms with Gasteiger partial charge in [0.2, 0.25) is 5.88 Å². The third kappa shape index (κ3) is 5.04. The third-order valence-electron chi connectivity index (χ3n) is 4.78. The Morgan fingerprint density at radius 3 is 2.60 bits per heavy atom. The minimum atomic E-state index is -0.345. The first kappa shape index (κ1) is 21.5. The molecule has 2 amide bonds. The van der Waals surface area contributed by atoms with Gasteiger partial charge >= 0.3 is 0 Å². The van der Waals surface area contributed by atoms with E-state index in [4.69, 9.17) is 11.6 Å². The van der Waals surface area contributed by atoms with E-state index in [1.807, 2.05) is 24.3 Å². The molecular weight excluding hydrogens is 404 g/mol. The summed E-state index contributed by atoms with van der Waals surface area (Å²) in [5.41, 5.74) is 1.56. The molecular formula is C22H23ClN4O3. The maximum absolute atomic E-state index is 12.0. The van der Waals surface area contributed by atoms with Crippen molar-refractivity contribution in [3.05, 3.63) is 59.1 Å².